The van der Waals surface area contributed by atoms with E-state index in [1.165, 1.54) is 0 Å². The Kier molecular flexibility index (Phi) is 3.33. The maximum atomic E-state index is 11.9. The SMILES string of the molecule is CCCN1C(=O)N=C(N)C1c1ccc2nc(C)ccc2c1. The van der Waals surface area contributed by atoms with Crippen molar-refractivity contribution in [2.75, 3.05) is 6.54 Å². The molecule has 0 radical (unpaired) electrons. The number of hydrogen-bond acceptors (Lipinski definition) is 3. The van der Waals surface area contributed by atoms with Gasteiger partial charge in [-0.05, 0) is 37.1 Å². The van der Waals surface area contributed by atoms with Crippen LogP contribution in [0, 0.1) is 6.92 Å². The van der Waals surface area contributed by atoms with Crippen LogP contribution in [0.3, 0.4) is 0 Å². The third kappa shape index (κ3) is 2.35. The van der Waals surface area contributed by atoms with E-state index in [1.807, 2.05) is 44.2 Å². The molecule has 0 spiro atoms. The standard InChI is InChI=1S/C16H18N4O/c1-3-8-20-14(15(17)19-16(20)21)12-6-7-13-11(9-12)5-4-10(2)18-13/h4-7,9,14H,3,8H2,1-2H3,(H2,17,19,21). The Morgan fingerprint density at radius 2 is 2.10 bits per heavy atom. The quantitative estimate of drug-likeness (QED) is 0.940. The number of hydrogen-bond donors (Lipinski definition) is 1. The highest BCUT2D eigenvalue weighted by Gasteiger charge is 2.33. The van der Waals surface area contributed by atoms with Gasteiger partial charge in [0.25, 0.3) is 0 Å². The van der Waals surface area contributed by atoms with Crippen molar-refractivity contribution >= 4 is 22.8 Å². The fourth-order valence-corrected chi connectivity index (χ4v) is 2.74. The topological polar surface area (TPSA) is 71.6 Å². The molecule has 5 nitrogen and oxygen atoms in total. The average Bonchev–Trinajstić information content (AvgIpc) is 2.73. The molecule has 1 unspecified atom stereocenters. The van der Waals surface area contributed by atoms with Gasteiger partial charge in [-0.3, -0.25) is 4.98 Å². The van der Waals surface area contributed by atoms with E-state index in [2.05, 4.69) is 9.98 Å². The fourth-order valence-electron chi connectivity index (χ4n) is 2.74. The summed E-state index contributed by atoms with van der Waals surface area (Å²) in [5, 5.41) is 1.04. The molecule has 21 heavy (non-hydrogen) atoms. The second kappa shape index (κ2) is 5.16. The minimum atomic E-state index is -0.261. The maximum Gasteiger partial charge on any atom is 0.346 e. The van der Waals surface area contributed by atoms with Gasteiger partial charge in [0, 0.05) is 17.6 Å². The zero-order chi connectivity index (χ0) is 15.0. The van der Waals surface area contributed by atoms with Crippen LogP contribution < -0.4 is 5.73 Å². The Morgan fingerprint density at radius 1 is 1.29 bits per heavy atom. The number of carbonyl (C=O) groups excluding carboxylic acids is 1. The summed E-state index contributed by atoms with van der Waals surface area (Å²) in [7, 11) is 0. The number of rotatable bonds is 3. The van der Waals surface area contributed by atoms with Crippen molar-refractivity contribution < 1.29 is 4.79 Å². The molecule has 1 aliphatic rings. The van der Waals surface area contributed by atoms with Crippen molar-refractivity contribution in [2.24, 2.45) is 10.7 Å². The van der Waals surface area contributed by atoms with Gasteiger partial charge in [0.2, 0.25) is 0 Å². The van der Waals surface area contributed by atoms with Crippen LogP contribution in [0.2, 0.25) is 0 Å². The molecular formula is C16H18N4O. The number of urea groups is 1. The van der Waals surface area contributed by atoms with Gasteiger partial charge in [-0.15, -0.1) is 0 Å². The van der Waals surface area contributed by atoms with Crippen molar-refractivity contribution in [3.8, 4) is 0 Å². The molecule has 2 heterocycles. The number of aryl methyl sites for hydroxylation is 1. The zero-order valence-electron chi connectivity index (χ0n) is 12.2. The molecule has 0 bridgehead atoms. The Labute approximate surface area is 123 Å². The minimum Gasteiger partial charge on any atom is -0.385 e. The molecule has 2 N–H and O–H groups in total. The first kappa shape index (κ1) is 13.5. The smallest absolute Gasteiger partial charge is 0.346 e. The number of amides is 2. The van der Waals surface area contributed by atoms with Crippen LogP contribution in [-0.4, -0.2) is 28.3 Å². The summed E-state index contributed by atoms with van der Waals surface area (Å²) in [4.78, 5) is 22.0. The van der Waals surface area contributed by atoms with E-state index in [1.54, 1.807) is 4.90 Å². The van der Waals surface area contributed by atoms with Crippen molar-refractivity contribution in [1.29, 1.82) is 0 Å². The summed E-state index contributed by atoms with van der Waals surface area (Å²) in [6.07, 6.45) is 0.874. The van der Waals surface area contributed by atoms with Crippen molar-refractivity contribution in [1.82, 2.24) is 9.88 Å². The molecule has 5 heteroatoms. The van der Waals surface area contributed by atoms with Crippen molar-refractivity contribution in [2.45, 2.75) is 26.3 Å². The fraction of sp³-hybridized carbons (Fsp3) is 0.312. The predicted octanol–water partition coefficient (Wildman–Crippen LogP) is 2.79. The number of pyridine rings is 1. The Morgan fingerprint density at radius 3 is 2.86 bits per heavy atom. The number of nitrogens with two attached hydrogens (primary N) is 1. The number of aromatic nitrogens is 1. The molecule has 1 aliphatic heterocycles. The lowest BCUT2D eigenvalue weighted by Crippen LogP contribution is -2.33. The van der Waals surface area contributed by atoms with E-state index < -0.39 is 0 Å². The Bertz CT molecular complexity index is 738. The van der Waals surface area contributed by atoms with E-state index in [9.17, 15) is 4.79 Å². The lowest BCUT2D eigenvalue weighted by molar-refractivity contribution is 0.206. The third-order valence-electron chi connectivity index (χ3n) is 3.70. The van der Waals surface area contributed by atoms with Gasteiger partial charge in [0.15, 0.2) is 0 Å². The average molecular weight is 282 g/mol. The summed E-state index contributed by atoms with van der Waals surface area (Å²) in [5.41, 5.74) is 8.87. The van der Waals surface area contributed by atoms with Crippen LogP contribution >= 0.6 is 0 Å². The first-order valence-electron chi connectivity index (χ1n) is 7.12. The van der Waals surface area contributed by atoms with Gasteiger partial charge in [-0.25, -0.2) is 4.79 Å². The normalized spacial score (nSPS) is 18.4. The molecule has 0 aliphatic carbocycles. The minimum absolute atomic E-state index is 0.249. The molecule has 1 atom stereocenters. The summed E-state index contributed by atoms with van der Waals surface area (Å²) < 4.78 is 0. The van der Waals surface area contributed by atoms with Crippen LogP contribution in [0.5, 0.6) is 0 Å². The van der Waals surface area contributed by atoms with Gasteiger partial charge < -0.3 is 10.6 Å². The van der Waals surface area contributed by atoms with E-state index in [-0.39, 0.29) is 12.1 Å². The van der Waals surface area contributed by atoms with Crippen LogP contribution in [0.25, 0.3) is 10.9 Å². The van der Waals surface area contributed by atoms with E-state index in [0.717, 1.165) is 28.6 Å². The number of nitrogens with zero attached hydrogens (tertiary/aromatic N) is 3. The van der Waals surface area contributed by atoms with Gasteiger partial charge in [-0.2, -0.15) is 4.99 Å². The molecular weight excluding hydrogens is 264 g/mol. The lowest BCUT2D eigenvalue weighted by atomic mass is 10.0. The van der Waals surface area contributed by atoms with Crippen LogP contribution in [0.1, 0.15) is 30.6 Å². The Balaban J connectivity index is 2.04. The van der Waals surface area contributed by atoms with Crippen LogP contribution in [0.15, 0.2) is 35.3 Å². The van der Waals surface area contributed by atoms with Gasteiger partial charge >= 0.3 is 6.03 Å². The molecule has 0 saturated heterocycles. The van der Waals surface area contributed by atoms with Crippen LogP contribution in [-0.2, 0) is 0 Å². The molecule has 0 saturated carbocycles. The van der Waals surface area contributed by atoms with E-state index >= 15 is 0 Å². The molecule has 1 aromatic heterocycles. The van der Waals surface area contributed by atoms with Gasteiger partial charge in [0.1, 0.15) is 11.9 Å². The van der Waals surface area contributed by atoms with Crippen molar-refractivity contribution in [3.63, 3.8) is 0 Å². The molecule has 108 valence electrons. The number of carbonyl (C=O) groups is 1. The summed E-state index contributed by atoms with van der Waals surface area (Å²) in [6.45, 7) is 4.65. The zero-order valence-corrected chi connectivity index (χ0v) is 12.2. The number of amidine groups is 1. The highest BCUT2D eigenvalue weighted by atomic mass is 16.2. The predicted molar refractivity (Wildman–Crippen MR) is 83.2 cm³/mol. The van der Waals surface area contributed by atoms with E-state index in [4.69, 9.17) is 5.73 Å². The van der Waals surface area contributed by atoms with Gasteiger partial charge in [0.05, 0.1) is 5.52 Å². The lowest BCUT2D eigenvalue weighted by Gasteiger charge is -2.24. The monoisotopic (exact) mass is 282 g/mol. The molecule has 2 aromatic rings. The number of fused-ring (bicyclic) bond motifs is 1. The number of benzene rings is 1. The highest BCUT2D eigenvalue weighted by molar-refractivity contribution is 6.03. The molecule has 0 fully saturated rings. The summed E-state index contributed by atoms with van der Waals surface area (Å²) >= 11 is 0. The van der Waals surface area contributed by atoms with Gasteiger partial charge in [-0.1, -0.05) is 19.1 Å². The summed E-state index contributed by atoms with van der Waals surface area (Å²) in [6, 6.07) is 9.49. The van der Waals surface area contributed by atoms with E-state index in [0.29, 0.717) is 12.4 Å². The number of aliphatic imine (C=N–C) groups is 1. The third-order valence-corrected chi connectivity index (χ3v) is 3.70. The maximum absolute atomic E-state index is 11.9. The molecule has 3 rings (SSSR count). The first-order chi connectivity index (χ1) is 10.1. The largest absolute Gasteiger partial charge is 0.385 e. The highest BCUT2D eigenvalue weighted by Crippen LogP contribution is 2.29. The first-order valence-corrected chi connectivity index (χ1v) is 7.12. The Hall–Kier alpha value is -2.43. The van der Waals surface area contributed by atoms with Crippen LogP contribution in [0.4, 0.5) is 4.79 Å². The second-order valence-electron chi connectivity index (χ2n) is 5.32. The second-order valence-corrected chi connectivity index (χ2v) is 5.32. The summed E-state index contributed by atoms with van der Waals surface area (Å²) in [5.74, 6) is 0.368. The molecule has 1 aromatic carbocycles. The molecule has 2 amide bonds. The van der Waals surface area contributed by atoms with Crippen molar-refractivity contribution in [3.05, 3.63) is 41.6 Å².